The minimum atomic E-state index is -5.28. The van der Waals surface area contributed by atoms with E-state index in [0.29, 0.717) is 12.4 Å². The molecule has 3 atom stereocenters. The normalized spacial score (nSPS) is 23.9. The molecule has 0 bridgehead atoms. The Morgan fingerprint density at radius 3 is 2.22 bits per heavy atom. The lowest BCUT2D eigenvalue weighted by atomic mass is 9.75. The highest BCUT2D eigenvalue weighted by atomic mass is 19.4. The highest BCUT2D eigenvalue weighted by Gasteiger charge is 2.70. The maximum absolute atomic E-state index is 14.3. The summed E-state index contributed by atoms with van der Waals surface area (Å²) >= 11 is 0. The van der Waals surface area contributed by atoms with Gasteiger partial charge in [-0.05, 0) is 24.1 Å². The van der Waals surface area contributed by atoms with E-state index in [1.54, 1.807) is 18.2 Å². The molecular weight excluding hydrogens is 425 g/mol. The molecule has 9 heteroatoms. The highest BCUT2D eigenvalue weighted by Crippen LogP contribution is 2.50. The van der Waals surface area contributed by atoms with E-state index >= 15 is 0 Å². The second kappa shape index (κ2) is 8.82. The monoisotopic (exact) mass is 450 g/mol. The topological polar surface area (TPSA) is 70.1 Å². The predicted octanol–water partition coefficient (Wildman–Crippen LogP) is 4.26. The smallest absolute Gasteiger partial charge is 0.437 e. The Balaban J connectivity index is 2.17. The molecule has 1 heterocycles. The number of ketones is 1. The van der Waals surface area contributed by atoms with Gasteiger partial charge in [-0.1, -0.05) is 49.4 Å². The molecule has 0 spiro atoms. The van der Waals surface area contributed by atoms with Gasteiger partial charge in [-0.25, -0.2) is 4.79 Å². The van der Waals surface area contributed by atoms with Gasteiger partial charge in [0.1, 0.15) is 11.7 Å². The number of ether oxygens (including phenoxy) is 1. The maximum Gasteiger partial charge on any atom is 0.437 e. The van der Waals surface area contributed by atoms with Crippen LogP contribution in [0.1, 0.15) is 35.3 Å². The fourth-order valence-corrected chi connectivity index (χ4v) is 4.03. The average molecular weight is 450 g/mol. The van der Waals surface area contributed by atoms with Crippen molar-refractivity contribution < 1.29 is 32.6 Å². The molecule has 1 fully saturated rings. The molecule has 172 valence electrons. The molecule has 1 saturated heterocycles. The van der Waals surface area contributed by atoms with Gasteiger partial charge in [0.15, 0.2) is 5.78 Å². The average Bonchev–Trinajstić information content (AvgIpc) is 2.78. The van der Waals surface area contributed by atoms with Crippen LogP contribution in [-0.2, 0) is 0 Å². The fraction of sp³-hybridized carbons (Fsp3) is 0.391. The van der Waals surface area contributed by atoms with Gasteiger partial charge in [-0.15, -0.1) is 0 Å². The number of amides is 2. The van der Waals surface area contributed by atoms with Crippen LogP contribution >= 0.6 is 0 Å². The van der Waals surface area contributed by atoms with E-state index in [1.807, 2.05) is 6.92 Å². The first-order valence-electron chi connectivity index (χ1n) is 10.2. The summed E-state index contributed by atoms with van der Waals surface area (Å²) in [5.41, 5.74) is -3.43. The first kappa shape index (κ1) is 23.6. The van der Waals surface area contributed by atoms with Crippen molar-refractivity contribution in [1.29, 1.82) is 0 Å². The van der Waals surface area contributed by atoms with Crippen molar-refractivity contribution in [3.8, 4) is 5.75 Å². The first-order valence-corrected chi connectivity index (χ1v) is 10.2. The molecule has 0 aliphatic carbocycles. The Morgan fingerprint density at radius 1 is 1.09 bits per heavy atom. The van der Waals surface area contributed by atoms with Crippen LogP contribution < -0.4 is 4.74 Å². The summed E-state index contributed by atoms with van der Waals surface area (Å²) in [5, 5.41) is 11.0. The van der Waals surface area contributed by atoms with Crippen molar-refractivity contribution in [2.24, 2.45) is 5.92 Å². The third-order valence-corrected chi connectivity index (χ3v) is 5.72. The lowest BCUT2D eigenvalue weighted by Gasteiger charge is -2.53. The summed E-state index contributed by atoms with van der Waals surface area (Å²) in [4.78, 5) is 27.4. The molecule has 2 amide bonds. The van der Waals surface area contributed by atoms with Gasteiger partial charge >= 0.3 is 12.2 Å². The third-order valence-electron chi connectivity index (χ3n) is 5.72. The number of rotatable bonds is 6. The zero-order chi connectivity index (χ0) is 23.7. The van der Waals surface area contributed by atoms with E-state index in [0.717, 1.165) is 18.4 Å². The minimum absolute atomic E-state index is 0.00391. The van der Waals surface area contributed by atoms with Crippen LogP contribution in [0.25, 0.3) is 0 Å². The SMILES string of the molecule is CCCOc1ccc(C2C(C(=O)c3ccccc3)C(O)(C(F)(F)F)N(C)C(=O)N2C)cc1. The van der Waals surface area contributed by atoms with Crippen LogP contribution in [0.5, 0.6) is 5.75 Å². The summed E-state index contributed by atoms with van der Waals surface area (Å²) in [6, 6.07) is 11.2. The zero-order valence-electron chi connectivity index (χ0n) is 18.0. The number of nitrogens with zero attached hydrogens (tertiary/aromatic N) is 2. The van der Waals surface area contributed by atoms with E-state index in [-0.39, 0.29) is 16.0 Å². The van der Waals surface area contributed by atoms with E-state index in [1.165, 1.54) is 43.4 Å². The Hall–Kier alpha value is -3.07. The number of hydrogen-bond acceptors (Lipinski definition) is 4. The fourth-order valence-electron chi connectivity index (χ4n) is 4.03. The molecule has 1 aliphatic heterocycles. The molecule has 0 aromatic heterocycles. The highest BCUT2D eigenvalue weighted by molar-refractivity contribution is 6.00. The Bertz CT molecular complexity index is 965. The van der Waals surface area contributed by atoms with Crippen LogP contribution in [0.15, 0.2) is 54.6 Å². The summed E-state index contributed by atoms with van der Waals surface area (Å²) < 4.78 is 48.3. The summed E-state index contributed by atoms with van der Waals surface area (Å²) in [6.07, 6.45) is -4.50. The number of benzene rings is 2. The van der Waals surface area contributed by atoms with Gasteiger partial charge in [0.25, 0.3) is 5.72 Å². The second-order valence-electron chi connectivity index (χ2n) is 7.75. The van der Waals surface area contributed by atoms with Crippen molar-refractivity contribution in [1.82, 2.24) is 9.80 Å². The predicted molar refractivity (Wildman–Crippen MR) is 111 cm³/mol. The number of Topliss-reactive ketones (excluding diaryl/α,β-unsaturated/α-hetero) is 1. The van der Waals surface area contributed by atoms with Crippen LogP contribution in [0, 0.1) is 5.92 Å². The van der Waals surface area contributed by atoms with Gasteiger partial charge in [-0.3, -0.25) is 9.69 Å². The standard InChI is InChI=1S/C23H25F3N2O4/c1-4-14-32-17-12-10-15(11-13-17)19-18(20(29)16-8-6-5-7-9-16)22(31,23(24,25)26)28(3)21(30)27(19)2/h5-13,18-19,31H,4,14H2,1-3H3. The van der Waals surface area contributed by atoms with Gasteiger partial charge < -0.3 is 14.7 Å². The van der Waals surface area contributed by atoms with Gasteiger partial charge in [-0.2, -0.15) is 13.2 Å². The molecule has 3 unspecified atom stereocenters. The van der Waals surface area contributed by atoms with Gasteiger partial charge in [0.2, 0.25) is 0 Å². The van der Waals surface area contributed by atoms with E-state index in [2.05, 4.69) is 0 Å². The molecule has 6 nitrogen and oxygen atoms in total. The summed E-state index contributed by atoms with van der Waals surface area (Å²) in [7, 11) is 2.15. The molecule has 0 saturated carbocycles. The molecule has 3 rings (SSSR count). The van der Waals surface area contributed by atoms with Crippen LogP contribution in [0.2, 0.25) is 0 Å². The van der Waals surface area contributed by atoms with Crippen molar-refractivity contribution in [3.63, 3.8) is 0 Å². The largest absolute Gasteiger partial charge is 0.494 e. The quantitative estimate of drug-likeness (QED) is 0.668. The molecule has 2 aromatic rings. The lowest BCUT2D eigenvalue weighted by molar-refractivity contribution is -0.328. The van der Waals surface area contributed by atoms with E-state index in [4.69, 9.17) is 4.74 Å². The van der Waals surface area contributed by atoms with Gasteiger partial charge in [0.05, 0.1) is 12.6 Å². The second-order valence-corrected chi connectivity index (χ2v) is 7.75. The third kappa shape index (κ3) is 3.92. The molecule has 32 heavy (non-hydrogen) atoms. The van der Waals surface area contributed by atoms with Crippen molar-refractivity contribution in [2.45, 2.75) is 31.3 Å². The number of urea groups is 1. The minimum Gasteiger partial charge on any atom is -0.494 e. The zero-order valence-corrected chi connectivity index (χ0v) is 18.0. The van der Waals surface area contributed by atoms with Crippen molar-refractivity contribution >= 4 is 11.8 Å². The Labute approximate surface area is 184 Å². The molecule has 1 aliphatic rings. The van der Waals surface area contributed by atoms with E-state index < -0.39 is 35.7 Å². The van der Waals surface area contributed by atoms with Crippen molar-refractivity contribution in [3.05, 3.63) is 65.7 Å². The lowest BCUT2D eigenvalue weighted by Crippen LogP contribution is -2.73. The van der Waals surface area contributed by atoms with Crippen LogP contribution in [0.4, 0.5) is 18.0 Å². The van der Waals surface area contributed by atoms with Crippen molar-refractivity contribution in [2.75, 3.05) is 20.7 Å². The number of carbonyl (C=O) groups is 2. The molecule has 1 N–H and O–H groups in total. The number of aliphatic hydroxyl groups is 1. The Morgan fingerprint density at radius 2 is 1.69 bits per heavy atom. The number of carbonyl (C=O) groups excluding carboxylic acids is 2. The maximum atomic E-state index is 14.3. The van der Waals surface area contributed by atoms with E-state index in [9.17, 15) is 27.9 Å². The number of hydrogen-bond donors (Lipinski definition) is 1. The summed E-state index contributed by atoms with van der Waals surface area (Å²) in [6.45, 7) is 2.40. The molecular formula is C23H25F3N2O4. The van der Waals surface area contributed by atoms with Crippen LogP contribution in [-0.4, -0.2) is 59.3 Å². The Kier molecular flexibility index (Phi) is 6.50. The van der Waals surface area contributed by atoms with Gasteiger partial charge in [0, 0.05) is 19.7 Å². The number of alkyl halides is 3. The molecule has 2 aromatic carbocycles. The first-order chi connectivity index (χ1) is 15.0. The number of halogens is 3. The molecule has 0 radical (unpaired) electrons. The summed E-state index contributed by atoms with van der Waals surface area (Å²) in [5.74, 6) is -2.44. The van der Waals surface area contributed by atoms with Crippen LogP contribution in [0.3, 0.4) is 0 Å².